The monoisotopic (exact) mass is 269 g/mol. The second-order valence-corrected chi connectivity index (χ2v) is 5.63. The number of aliphatic imine (C=N–C) groups is 1. The van der Waals surface area contributed by atoms with Crippen molar-refractivity contribution >= 4 is 17.3 Å². The Balaban J connectivity index is 2.35. The van der Waals surface area contributed by atoms with E-state index in [4.69, 9.17) is 4.74 Å². The molecule has 0 amide bonds. The SMILES string of the molecule is CN=C(NCCOC)NC(C)Cc1ccc(C)s1. The molecule has 4 nitrogen and oxygen atoms in total. The zero-order valence-corrected chi connectivity index (χ0v) is 12.4. The topological polar surface area (TPSA) is 45.7 Å². The summed E-state index contributed by atoms with van der Waals surface area (Å²) in [5, 5.41) is 6.58. The summed E-state index contributed by atoms with van der Waals surface area (Å²) < 4.78 is 5.00. The maximum absolute atomic E-state index is 5.00. The van der Waals surface area contributed by atoms with Gasteiger partial charge in [0.1, 0.15) is 0 Å². The van der Waals surface area contributed by atoms with Crippen molar-refractivity contribution in [2.75, 3.05) is 27.3 Å². The molecule has 1 atom stereocenters. The summed E-state index contributed by atoms with van der Waals surface area (Å²) >= 11 is 1.85. The molecule has 0 spiro atoms. The molecule has 0 fully saturated rings. The van der Waals surface area contributed by atoms with Crippen LogP contribution >= 0.6 is 11.3 Å². The molecule has 1 aromatic heterocycles. The van der Waals surface area contributed by atoms with Crippen molar-refractivity contribution in [3.63, 3.8) is 0 Å². The Bertz CT molecular complexity index is 376. The fraction of sp³-hybridized carbons (Fsp3) is 0.615. The first-order chi connectivity index (χ1) is 8.65. The van der Waals surface area contributed by atoms with Crippen molar-refractivity contribution in [2.24, 2.45) is 4.99 Å². The van der Waals surface area contributed by atoms with E-state index in [1.54, 1.807) is 14.2 Å². The smallest absolute Gasteiger partial charge is 0.191 e. The molecule has 1 aromatic rings. The first kappa shape index (κ1) is 15.0. The van der Waals surface area contributed by atoms with E-state index >= 15 is 0 Å². The van der Waals surface area contributed by atoms with E-state index in [1.165, 1.54) is 9.75 Å². The van der Waals surface area contributed by atoms with E-state index in [9.17, 15) is 0 Å². The van der Waals surface area contributed by atoms with E-state index in [-0.39, 0.29) is 0 Å². The third-order valence-electron chi connectivity index (χ3n) is 2.51. The molecule has 18 heavy (non-hydrogen) atoms. The maximum Gasteiger partial charge on any atom is 0.191 e. The van der Waals surface area contributed by atoms with Crippen LogP contribution in [0, 0.1) is 6.92 Å². The Morgan fingerprint density at radius 3 is 2.83 bits per heavy atom. The minimum atomic E-state index is 0.358. The average molecular weight is 269 g/mol. The normalized spacial score (nSPS) is 13.4. The first-order valence-electron chi connectivity index (χ1n) is 6.17. The highest BCUT2D eigenvalue weighted by atomic mass is 32.1. The van der Waals surface area contributed by atoms with E-state index in [0.29, 0.717) is 12.6 Å². The number of nitrogens with zero attached hydrogens (tertiary/aromatic N) is 1. The molecule has 0 aromatic carbocycles. The van der Waals surface area contributed by atoms with Gasteiger partial charge in [-0.25, -0.2) is 0 Å². The van der Waals surface area contributed by atoms with Crippen LogP contribution in [0.25, 0.3) is 0 Å². The molecule has 0 radical (unpaired) electrons. The molecular weight excluding hydrogens is 246 g/mol. The lowest BCUT2D eigenvalue weighted by atomic mass is 10.2. The average Bonchev–Trinajstić information content (AvgIpc) is 2.73. The minimum absolute atomic E-state index is 0.358. The molecule has 1 unspecified atom stereocenters. The quantitative estimate of drug-likeness (QED) is 0.470. The zero-order chi connectivity index (χ0) is 13.4. The second kappa shape index (κ2) is 8.11. The lowest BCUT2D eigenvalue weighted by Crippen LogP contribution is -2.43. The van der Waals surface area contributed by atoms with Crippen molar-refractivity contribution in [1.29, 1.82) is 0 Å². The Labute approximate surface area is 113 Å². The van der Waals surface area contributed by atoms with Gasteiger partial charge in [0, 0.05) is 42.9 Å². The second-order valence-electron chi connectivity index (χ2n) is 4.25. The van der Waals surface area contributed by atoms with Crippen molar-refractivity contribution < 1.29 is 4.74 Å². The van der Waals surface area contributed by atoms with Crippen molar-refractivity contribution in [3.05, 3.63) is 21.9 Å². The Morgan fingerprint density at radius 1 is 1.50 bits per heavy atom. The van der Waals surface area contributed by atoms with Crippen LogP contribution in [-0.2, 0) is 11.2 Å². The Hall–Kier alpha value is -1.07. The van der Waals surface area contributed by atoms with Gasteiger partial charge in [-0.05, 0) is 26.0 Å². The van der Waals surface area contributed by atoms with Gasteiger partial charge in [-0.2, -0.15) is 0 Å². The molecule has 2 N–H and O–H groups in total. The molecule has 5 heteroatoms. The van der Waals surface area contributed by atoms with Gasteiger partial charge >= 0.3 is 0 Å². The number of aryl methyl sites for hydroxylation is 1. The van der Waals surface area contributed by atoms with E-state index in [2.05, 4.69) is 41.6 Å². The molecule has 0 saturated heterocycles. The standard InChI is InChI=1S/C13H23N3OS/c1-10(9-12-6-5-11(2)18-12)16-13(14-3)15-7-8-17-4/h5-6,10H,7-9H2,1-4H3,(H2,14,15,16). The first-order valence-corrected chi connectivity index (χ1v) is 6.98. The summed E-state index contributed by atoms with van der Waals surface area (Å²) in [4.78, 5) is 6.95. The number of hydrogen-bond acceptors (Lipinski definition) is 3. The van der Waals surface area contributed by atoms with E-state index in [1.807, 2.05) is 11.3 Å². The fourth-order valence-electron chi connectivity index (χ4n) is 1.65. The van der Waals surface area contributed by atoms with Crippen molar-refractivity contribution in [3.8, 4) is 0 Å². The largest absolute Gasteiger partial charge is 0.383 e. The number of guanidine groups is 1. The molecule has 0 aliphatic rings. The van der Waals surface area contributed by atoms with Crippen molar-refractivity contribution in [2.45, 2.75) is 26.3 Å². The highest BCUT2D eigenvalue weighted by molar-refractivity contribution is 7.11. The summed E-state index contributed by atoms with van der Waals surface area (Å²) in [5.41, 5.74) is 0. The van der Waals surface area contributed by atoms with Gasteiger partial charge in [0.25, 0.3) is 0 Å². The number of hydrogen-bond donors (Lipinski definition) is 2. The summed E-state index contributed by atoms with van der Waals surface area (Å²) in [6, 6.07) is 4.72. The van der Waals surface area contributed by atoms with Gasteiger partial charge < -0.3 is 15.4 Å². The molecule has 0 saturated carbocycles. The van der Waals surface area contributed by atoms with Gasteiger partial charge in [-0.3, -0.25) is 4.99 Å². The number of nitrogens with one attached hydrogen (secondary N) is 2. The fourth-order valence-corrected chi connectivity index (χ4v) is 2.67. The van der Waals surface area contributed by atoms with Crippen LogP contribution < -0.4 is 10.6 Å². The van der Waals surface area contributed by atoms with Gasteiger partial charge in [0.2, 0.25) is 0 Å². The van der Waals surface area contributed by atoms with Gasteiger partial charge in [-0.15, -0.1) is 11.3 Å². The van der Waals surface area contributed by atoms with Gasteiger partial charge in [0.15, 0.2) is 5.96 Å². The van der Waals surface area contributed by atoms with Crippen LogP contribution in [-0.4, -0.2) is 39.3 Å². The highest BCUT2D eigenvalue weighted by Crippen LogP contribution is 2.16. The van der Waals surface area contributed by atoms with Crippen molar-refractivity contribution in [1.82, 2.24) is 10.6 Å². The summed E-state index contributed by atoms with van der Waals surface area (Å²) in [6.45, 7) is 5.75. The third kappa shape index (κ3) is 5.51. The van der Waals surface area contributed by atoms with Gasteiger partial charge in [0.05, 0.1) is 6.61 Å². The van der Waals surface area contributed by atoms with Crippen LogP contribution in [0.5, 0.6) is 0 Å². The Kier molecular flexibility index (Phi) is 6.75. The molecule has 0 aliphatic carbocycles. The maximum atomic E-state index is 5.00. The number of ether oxygens (including phenoxy) is 1. The van der Waals surface area contributed by atoms with Crippen LogP contribution in [0.2, 0.25) is 0 Å². The predicted octanol–water partition coefficient (Wildman–Crippen LogP) is 1.80. The van der Waals surface area contributed by atoms with Crippen LogP contribution in [0.3, 0.4) is 0 Å². The zero-order valence-electron chi connectivity index (χ0n) is 11.6. The number of thiophene rings is 1. The molecular formula is C13H23N3OS. The Morgan fingerprint density at radius 2 is 2.28 bits per heavy atom. The van der Waals surface area contributed by atoms with Crippen LogP contribution in [0.15, 0.2) is 17.1 Å². The molecule has 0 bridgehead atoms. The summed E-state index contributed by atoms with van der Waals surface area (Å²) in [5.74, 6) is 0.827. The minimum Gasteiger partial charge on any atom is -0.383 e. The molecule has 1 heterocycles. The molecule has 0 aliphatic heterocycles. The highest BCUT2D eigenvalue weighted by Gasteiger charge is 2.07. The molecule has 102 valence electrons. The predicted molar refractivity (Wildman–Crippen MR) is 78.6 cm³/mol. The number of methoxy groups -OCH3 is 1. The summed E-state index contributed by atoms with van der Waals surface area (Å²) in [6.07, 6.45) is 1.02. The van der Waals surface area contributed by atoms with Crippen LogP contribution in [0.1, 0.15) is 16.7 Å². The van der Waals surface area contributed by atoms with Crippen LogP contribution in [0.4, 0.5) is 0 Å². The van der Waals surface area contributed by atoms with Gasteiger partial charge in [-0.1, -0.05) is 0 Å². The lowest BCUT2D eigenvalue weighted by molar-refractivity contribution is 0.203. The summed E-state index contributed by atoms with van der Waals surface area (Å²) in [7, 11) is 3.48. The molecule has 1 rings (SSSR count). The lowest BCUT2D eigenvalue weighted by Gasteiger charge is -2.17. The number of rotatable bonds is 6. The third-order valence-corrected chi connectivity index (χ3v) is 3.53. The van der Waals surface area contributed by atoms with E-state index < -0.39 is 0 Å². The van der Waals surface area contributed by atoms with E-state index in [0.717, 1.165) is 18.9 Å².